The van der Waals surface area contributed by atoms with E-state index in [2.05, 4.69) is 32.6 Å². The highest BCUT2D eigenvalue weighted by Crippen LogP contribution is 2.16. The topological polar surface area (TPSA) is 21.7 Å². The molecule has 0 spiro atoms. The van der Waals surface area contributed by atoms with Crippen molar-refractivity contribution in [3.63, 3.8) is 0 Å². The van der Waals surface area contributed by atoms with Gasteiger partial charge in [0.05, 0.1) is 18.3 Å². The molecule has 0 radical (unpaired) electrons. The molecular weight excluding hydrogens is 190 g/mol. The van der Waals surface area contributed by atoms with Crippen molar-refractivity contribution >= 4 is 0 Å². The Balaban J connectivity index is 2.11. The van der Waals surface area contributed by atoms with Gasteiger partial charge in [0.1, 0.15) is 0 Å². The van der Waals surface area contributed by atoms with Crippen molar-refractivity contribution in [3.05, 3.63) is 0 Å². The zero-order valence-electron chi connectivity index (χ0n) is 10.6. The first-order valence-electron chi connectivity index (χ1n) is 5.97. The molecule has 3 heteroatoms. The molecule has 1 heterocycles. The fourth-order valence-corrected chi connectivity index (χ4v) is 1.91. The summed E-state index contributed by atoms with van der Waals surface area (Å²) in [7, 11) is 0. The molecule has 0 saturated carbocycles. The summed E-state index contributed by atoms with van der Waals surface area (Å²) < 4.78 is 11.2. The summed E-state index contributed by atoms with van der Waals surface area (Å²) in [6.45, 7) is 13.4. The molecule has 0 amide bonds. The average Bonchev–Trinajstić information content (AvgIpc) is 2.10. The maximum Gasteiger partial charge on any atom is 0.0753 e. The molecule has 1 rings (SSSR count). The van der Waals surface area contributed by atoms with Crippen LogP contribution >= 0.6 is 0 Å². The van der Waals surface area contributed by atoms with Crippen molar-refractivity contribution < 1.29 is 9.47 Å². The lowest BCUT2D eigenvalue weighted by molar-refractivity contribution is -0.0874. The van der Waals surface area contributed by atoms with Crippen LogP contribution in [0.15, 0.2) is 0 Å². The van der Waals surface area contributed by atoms with E-state index in [1.54, 1.807) is 0 Å². The Morgan fingerprint density at radius 3 is 2.73 bits per heavy atom. The summed E-state index contributed by atoms with van der Waals surface area (Å²) in [5.74, 6) is 0. The molecule has 0 bridgehead atoms. The summed E-state index contributed by atoms with van der Waals surface area (Å²) in [6, 6.07) is 0. The molecule has 1 aliphatic rings. The van der Waals surface area contributed by atoms with E-state index in [9.17, 15) is 0 Å². The van der Waals surface area contributed by atoms with Crippen molar-refractivity contribution in [3.8, 4) is 0 Å². The minimum Gasteiger partial charge on any atom is -0.379 e. The van der Waals surface area contributed by atoms with E-state index >= 15 is 0 Å². The van der Waals surface area contributed by atoms with Gasteiger partial charge in [-0.2, -0.15) is 0 Å². The smallest absolute Gasteiger partial charge is 0.0753 e. The van der Waals surface area contributed by atoms with Gasteiger partial charge in [0, 0.05) is 26.2 Å². The number of ether oxygens (including phenoxy) is 2. The van der Waals surface area contributed by atoms with Crippen LogP contribution in [0.25, 0.3) is 0 Å². The highest BCUT2D eigenvalue weighted by atomic mass is 16.5. The molecule has 1 aliphatic heterocycles. The van der Waals surface area contributed by atoms with Crippen LogP contribution in [0.5, 0.6) is 0 Å². The van der Waals surface area contributed by atoms with Crippen LogP contribution in [0.4, 0.5) is 0 Å². The number of nitrogens with zero attached hydrogens (tertiary/aromatic N) is 1. The molecule has 15 heavy (non-hydrogen) atoms. The highest BCUT2D eigenvalue weighted by molar-refractivity contribution is 4.78. The monoisotopic (exact) mass is 215 g/mol. The number of morpholine rings is 1. The van der Waals surface area contributed by atoms with Gasteiger partial charge in [-0.05, 0) is 34.1 Å². The minimum atomic E-state index is 0.0250. The third kappa shape index (κ3) is 5.50. The molecule has 0 aromatic heterocycles. The summed E-state index contributed by atoms with van der Waals surface area (Å²) in [6.07, 6.45) is 1.47. The van der Waals surface area contributed by atoms with Crippen LogP contribution in [0.2, 0.25) is 0 Å². The van der Waals surface area contributed by atoms with Gasteiger partial charge in [0.15, 0.2) is 0 Å². The fourth-order valence-electron chi connectivity index (χ4n) is 1.91. The van der Waals surface area contributed by atoms with Crippen LogP contribution in [0.1, 0.15) is 34.1 Å². The largest absolute Gasteiger partial charge is 0.379 e. The Hall–Kier alpha value is -0.120. The van der Waals surface area contributed by atoms with E-state index in [0.717, 1.165) is 39.3 Å². The Morgan fingerprint density at radius 2 is 2.13 bits per heavy atom. The number of hydrogen-bond acceptors (Lipinski definition) is 3. The molecular formula is C12H25NO2. The SMILES string of the molecule is CC(C)OCCCN1CCOC(C)(C)C1. The molecule has 0 aromatic carbocycles. The Morgan fingerprint density at radius 1 is 1.40 bits per heavy atom. The molecule has 1 saturated heterocycles. The predicted molar refractivity (Wildman–Crippen MR) is 62.2 cm³/mol. The Labute approximate surface area is 93.7 Å². The molecule has 0 aliphatic carbocycles. The first-order valence-corrected chi connectivity index (χ1v) is 5.97. The molecule has 1 fully saturated rings. The second kappa shape index (κ2) is 5.83. The Bertz CT molecular complexity index is 180. The molecule has 0 aromatic rings. The van der Waals surface area contributed by atoms with E-state index in [1.165, 1.54) is 0 Å². The van der Waals surface area contributed by atoms with Crippen LogP contribution in [-0.4, -0.2) is 49.5 Å². The maximum atomic E-state index is 5.67. The quantitative estimate of drug-likeness (QED) is 0.654. The van der Waals surface area contributed by atoms with Crippen LogP contribution in [-0.2, 0) is 9.47 Å². The van der Waals surface area contributed by atoms with Gasteiger partial charge < -0.3 is 9.47 Å². The molecule has 0 atom stereocenters. The van der Waals surface area contributed by atoms with Gasteiger partial charge in [0.25, 0.3) is 0 Å². The van der Waals surface area contributed by atoms with Gasteiger partial charge in [-0.15, -0.1) is 0 Å². The summed E-state index contributed by atoms with van der Waals surface area (Å²) in [5, 5.41) is 0. The fraction of sp³-hybridized carbons (Fsp3) is 1.00. The molecule has 0 N–H and O–H groups in total. The van der Waals surface area contributed by atoms with Gasteiger partial charge in [-0.25, -0.2) is 0 Å². The van der Waals surface area contributed by atoms with Crippen molar-refractivity contribution in [2.45, 2.75) is 45.8 Å². The average molecular weight is 215 g/mol. The first-order chi connectivity index (χ1) is 6.99. The van der Waals surface area contributed by atoms with Crippen molar-refractivity contribution in [1.29, 1.82) is 0 Å². The van der Waals surface area contributed by atoms with Crippen molar-refractivity contribution in [2.75, 3.05) is 32.8 Å². The summed E-state index contributed by atoms with van der Waals surface area (Å²) in [4.78, 5) is 2.47. The third-order valence-electron chi connectivity index (χ3n) is 2.57. The number of rotatable bonds is 5. The van der Waals surface area contributed by atoms with Crippen molar-refractivity contribution in [1.82, 2.24) is 4.90 Å². The van der Waals surface area contributed by atoms with E-state index in [-0.39, 0.29) is 5.60 Å². The van der Waals surface area contributed by atoms with Crippen LogP contribution in [0.3, 0.4) is 0 Å². The normalized spacial score (nSPS) is 22.2. The van der Waals surface area contributed by atoms with E-state index in [4.69, 9.17) is 9.47 Å². The summed E-state index contributed by atoms with van der Waals surface area (Å²) in [5.41, 5.74) is 0.0250. The minimum absolute atomic E-state index is 0.0250. The van der Waals surface area contributed by atoms with Crippen LogP contribution in [0, 0.1) is 0 Å². The third-order valence-corrected chi connectivity index (χ3v) is 2.57. The standard InChI is InChI=1S/C12H25NO2/c1-11(2)14-8-5-6-13-7-9-15-12(3,4)10-13/h11H,5-10H2,1-4H3. The lowest BCUT2D eigenvalue weighted by Crippen LogP contribution is -2.48. The van der Waals surface area contributed by atoms with E-state index in [0.29, 0.717) is 6.10 Å². The second-order valence-electron chi connectivity index (χ2n) is 5.16. The van der Waals surface area contributed by atoms with Gasteiger partial charge in [-0.3, -0.25) is 4.90 Å². The van der Waals surface area contributed by atoms with E-state index < -0.39 is 0 Å². The van der Waals surface area contributed by atoms with Crippen LogP contribution < -0.4 is 0 Å². The van der Waals surface area contributed by atoms with Gasteiger partial charge in [0.2, 0.25) is 0 Å². The lowest BCUT2D eigenvalue weighted by Gasteiger charge is -2.38. The van der Waals surface area contributed by atoms with Gasteiger partial charge in [-0.1, -0.05) is 0 Å². The second-order valence-corrected chi connectivity index (χ2v) is 5.16. The lowest BCUT2D eigenvalue weighted by atomic mass is 10.1. The molecule has 90 valence electrons. The maximum absolute atomic E-state index is 5.67. The first kappa shape index (κ1) is 12.9. The van der Waals surface area contributed by atoms with Gasteiger partial charge >= 0.3 is 0 Å². The van der Waals surface area contributed by atoms with E-state index in [1.807, 2.05) is 0 Å². The van der Waals surface area contributed by atoms with Crippen molar-refractivity contribution in [2.24, 2.45) is 0 Å². The number of hydrogen-bond donors (Lipinski definition) is 0. The summed E-state index contributed by atoms with van der Waals surface area (Å²) >= 11 is 0. The predicted octanol–water partition coefficient (Wildman–Crippen LogP) is 1.91. The highest BCUT2D eigenvalue weighted by Gasteiger charge is 2.26. The zero-order chi connectivity index (χ0) is 11.3. The molecule has 3 nitrogen and oxygen atoms in total. The zero-order valence-corrected chi connectivity index (χ0v) is 10.6. The molecule has 0 unspecified atom stereocenters. The Kier molecular flexibility index (Phi) is 5.03.